The van der Waals surface area contributed by atoms with Crippen molar-refractivity contribution in [1.82, 2.24) is 14.9 Å². The predicted octanol–water partition coefficient (Wildman–Crippen LogP) is 2.44. The molecule has 0 aliphatic heterocycles. The molecular formula is C16H20N4O3. The molecule has 2 rings (SSSR count). The molecule has 0 bridgehead atoms. The number of rotatable bonds is 6. The van der Waals surface area contributed by atoms with Gasteiger partial charge in [-0.25, -0.2) is 14.6 Å². The highest BCUT2D eigenvalue weighted by Gasteiger charge is 2.08. The zero-order valence-electron chi connectivity index (χ0n) is 13.2. The van der Waals surface area contributed by atoms with Gasteiger partial charge >= 0.3 is 12.0 Å². The maximum atomic E-state index is 11.9. The third kappa shape index (κ3) is 4.84. The van der Waals surface area contributed by atoms with E-state index in [0.717, 1.165) is 0 Å². The largest absolute Gasteiger partial charge is 0.462 e. The second-order valence-corrected chi connectivity index (χ2v) is 4.99. The van der Waals surface area contributed by atoms with Crippen LogP contribution in [0, 0.1) is 0 Å². The van der Waals surface area contributed by atoms with E-state index in [4.69, 9.17) is 4.74 Å². The number of esters is 1. The van der Waals surface area contributed by atoms with Crippen molar-refractivity contribution < 1.29 is 14.3 Å². The summed E-state index contributed by atoms with van der Waals surface area (Å²) in [5.41, 5.74) is 1.05. The molecule has 0 saturated carbocycles. The first kappa shape index (κ1) is 16.5. The van der Waals surface area contributed by atoms with Crippen LogP contribution in [-0.4, -0.2) is 34.7 Å². The number of ether oxygens (including phenoxy) is 1. The molecule has 7 nitrogen and oxygen atoms in total. The van der Waals surface area contributed by atoms with E-state index < -0.39 is 0 Å². The van der Waals surface area contributed by atoms with Crippen LogP contribution in [0.3, 0.4) is 0 Å². The molecule has 0 radical (unpaired) electrons. The molecule has 1 aromatic carbocycles. The van der Waals surface area contributed by atoms with E-state index in [0.29, 0.717) is 24.4 Å². The first-order valence-corrected chi connectivity index (χ1v) is 7.39. The van der Waals surface area contributed by atoms with Crippen LogP contribution in [0.4, 0.5) is 10.5 Å². The Kier molecular flexibility index (Phi) is 5.74. The number of benzene rings is 1. The van der Waals surface area contributed by atoms with E-state index >= 15 is 0 Å². The van der Waals surface area contributed by atoms with Crippen LogP contribution >= 0.6 is 0 Å². The Morgan fingerprint density at radius 2 is 2.04 bits per heavy atom. The Balaban J connectivity index is 1.82. The Bertz CT molecular complexity index is 638. The van der Waals surface area contributed by atoms with Crippen molar-refractivity contribution in [3.05, 3.63) is 48.5 Å². The van der Waals surface area contributed by atoms with Crippen molar-refractivity contribution in [3.8, 4) is 0 Å². The van der Waals surface area contributed by atoms with E-state index in [1.807, 2.05) is 17.7 Å². The van der Waals surface area contributed by atoms with Gasteiger partial charge in [0, 0.05) is 30.7 Å². The lowest BCUT2D eigenvalue weighted by Crippen LogP contribution is -2.33. The molecule has 0 aliphatic rings. The summed E-state index contributed by atoms with van der Waals surface area (Å²) in [6.45, 7) is 4.54. The third-order valence-electron chi connectivity index (χ3n) is 3.25. The van der Waals surface area contributed by atoms with Crippen molar-refractivity contribution in [2.75, 3.05) is 18.5 Å². The van der Waals surface area contributed by atoms with Gasteiger partial charge in [-0.1, -0.05) is 0 Å². The number of aromatic nitrogens is 2. The van der Waals surface area contributed by atoms with Gasteiger partial charge in [0.15, 0.2) is 0 Å². The summed E-state index contributed by atoms with van der Waals surface area (Å²) in [6, 6.07) is 6.34. The monoisotopic (exact) mass is 316 g/mol. The van der Waals surface area contributed by atoms with Crippen LogP contribution in [-0.2, 0) is 4.74 Å². The molecular weight excluding hydrogens is 296 g/mol. The minimum absolute atomic E-state index is 0.106. The van der Waals surface area contributed by atoms with Crippen LogP contribution in [0.15, 0.2) is 43.0 Å². The fourth-order valence-corrected chi connectivity index (χ4v) is 1.96. The van der Waals surface area contributed by atoms with Crippen molar-refractivity contribution >= 4 is 17.7 Å². The Morgan fingerprint density at radius 1 is 1.30 bits per heavy atom. The third-order valence-corrected chi connectivity index (χ3v) is 3.25. The van der Waals surface area contributed by atoms with Crippen molar-refractivity contribution in [3.63, 3.8) is 0 Å². The van der Waals surface area contributed by atoms with Crippen LogP contribution in [0.5, 0.6) is 0 Å². The van der Waals surface area contributed by atoms with E-state index in [1.54, 1.807) is 43.7 Å². The number of urea groups is 1. The molecule has 0 saturated heterocycles. The molecule has 1 aromatic heterocycles. The summed E-state index contributed by atoms with van der Waals surface area (Å²) >= 11 is 0. The fraction of sp³-hybridized carbons (Fsp3) is 0.312. The molecule has 2 aromatic rings. The quantitative estimate of drug-likeness (QED) is 0.802. The minimum Gasteiger partial charge on any atom is -0.462 e. The normalized spacial score (nSPS) is 11.6. The molecule has 0 spiro atoms. The van der Waals surface area contributed by atoms with Crippen molar-refractivity contribution in [2.24, 2.45) is 0 Å². The highest BCUT2D eigenvalue weighted by Crippen LogP contribution is 2.10. The van der Waals surface area contributed by atoms with Crippen LogP contribution < -0.4 is 10.6 Å². The molecule has 1 unspecified atom stereocenters. The van der Waals surface area contributed by atoms with Gasteiger partial charge < -0.3 is 19.9 Å². The number of nitrogens with zero attached hydrogens (tertiary/aromatic N) is 2. The van der Waals surface area contributed by atoms with E-state index in [9.17, 15) is 9.59 Å². The van der Waals surface area contributed by atoms with Gasteiger partial charge in [-0.2, -0.15) is 0 Å². The first-order valence-electron chi connectivity index (χ1n) is 7.39. The molecule has 0 aliphatic carbocycles. The highest BCUT2D eigenvalue weighted by atomic mass is 16.5. The lowest BCUT2D eigenvalue weighted by Gasteiger charge is -2.14. The maximum absolute atomic E-state index is 11.9. The number of nitrogens with one attached hydrogen (secondary N) is 2. The van der Waals surface area contributed by atoms with Gasteiger partial charge in [0.2, 0.25) is 0 Å². The number of carbonyl (C=O) groups excluding carboxylic acids is 2. The zero-order chi connectivity index (χ0) is 16.7. The first-order chi connectivity index (χ1) is 11.1. The van der Waals surface area contributed by atoms with E-state index in [2.05, 4.69) is 15.6 Å². The summed E-state index contributed by atoms with van der Waals surface area (Å²) in [7, 11) is 0. The lowest BCUT2D eigenvalue weighted by atomic mass is 10.2. The van der Waals surface area contributed by atoms with Gasteiger partial charge in [0.05, 0.1) is 18.5 Å². The van der Waals surface area contributed by atoms with Gasteiger partial charge in [-0.15, -0.1) is 0 Å². The molecule has 2 amide bonds. The molecule has 23 heavy (non-hydrogen) atoms. The fourth-order valence-electron chi connectivity index (χ4n) is 1.96. The summed E-state index contributed by atoms with van der Waals surface area (Å²) in [6.07, 6.45) is 5.25. The summed E-state index contributed by atoms with van der Waals surface area (Å²) in [5, 5.41) is 5.50. The predicted molar refractivity (Wildman–Crippen MR) is 86.4 cm³/mol. The SMILES string of the molecule is CCOC(=O)c1ccc(NC(=O)NCC(C)n2ccnc2)cc1. The average Bonchev–Trinajstić information content (AvgIpc) is 3.08. The summed E-state index contributed by atoms with van der Waals surface area (Å²) in [4.78, 5) is 27.4. The van der Waals surface area contributed by atoms with Crippen molar-refractivity contribution in [1.29, 1.82) is 0 Å². The second-order valence-electron chi connectivity index (χ2n) is 4.99. The van der Waals surface area contributed by atoms with E-state index in [-0.39, 0.29) is 18.0 Å². The number of carbonyl (C=O) groups is 2. The van der Waals surface area contributed by atoms with Gasteiger partial charge in [-0.05, 0) is 38.1 Å². The second kappa shape index (κ2) is 7.98. The lowest BCUT2D eigenvalue weighted by molar-refractivity contribution is 0.0526. The summed E-state index contributed by atoms with van der Waals surface area (Å²) < 4.78 is 6.81. The van der Waals surface area contributed by atoms with Crippen LogP contribution in [0.2, 0.25) is 0 Å². The smallest absolute Gasteiger partial charge is 0.338 e. The van der Waals surface area contributed by atoms with Gasteiger partial charge in [-0.3, -0.25) is 0 Å². The number of imidazole rings is 1. The minimum atomic E-state index is -0.377. The maximum Gasteiger partial charge on any atom is 0.338 e. The zero-order valence-corrected chi connectivity index (χ0v) is 13.2. The highest BCUT2D eigenvalue weighted by molar-refractivity contribution is 5.92. The molecule has 1 atom stereocenters. The van der Waals surface area contributed by atoms with E-state index in [1.165, 1.54) is 0 Å². The molecule has 122 valence electrons. The Morgan fingerprint density at radius 3 is 2.65 bits per heavy atom. The molecule has 0 fully saturated rings. The van der Waals surface area contributed by atoms with Gasteiger partial charge in [0.25, 0.3) is 0 Å². The van der Waals surface area contributed by atoms with Crippen molar-refractivity contribution in [2.45, 2.75) is 19.9 Å². The topological polar surface area (TPSA) is 85.2 Å². The Labute approximate surface area is 134 Å². The standard InChI is InChI=1S/C16H20N4O3/c1-3-23-15(21)13-4-6-14(7-5-13)19-16(22)18-10-12(2)20-9-8-17-11-20/h4-9,11-12H,3,10H2,1-2H3,(H2,18,19,22). The number of hydrogen-bond donors (Lipinski definition) is 2. The van der Waals surface area contributed by atoms with Gasteiger partial charge in [0.1, 0.15) is 0 Å². The van der Waals surface area contributed by atoms with Crippen LogP contribution in [0.25, 0.3) is 0 Å². The average molecular weight is 316 g/mol. The molecule has 2 N–H and O–H groups in total. The summed E-state index contributed by atoms with van der Waals surface area (Å²) in [5.74, 6) is -0.377. The van der Waals surface area contributed by atoms with Crippen LogP contribution in [0.1, 0.15) is 30.2 Å². The number of anilines is 1. The number of amides is 2. The number of hydrogen-bond acceptors (Lipinski definition) is 4. The molecule has 1 heterocycles. The molecule has 7 heteroatoms. The Hall–Kier alpha value is -2.83.